The molecule has 0 spiro atoms. The molecule has 43 nitrogen and oxygen atoms in total. The molecule has 8 aliphatic heterocycles. The summed E-state index contributed by atoms with van der Waals surface area (Å²) in [5.41, 5.74) is 9.36. The molecule has 0 radical (unpaired) electrons. The van der Waals surface area contributed by atoms with Gasteiger partial charge >= 0.3 is 5.69 Å². The van der Waals surface area contributed by atoms with E-state index >= 15 is 24.0 Å². The number of carbonyl (C=O) groups excluding carboxylic acids is 8. The van der Waals surface area contributed by atoms with Gasteiger partial charge in [-0.2, -0.15) is 0 Å². The second-order valence-corrected chi connectivity index (χ2v) is 35.7. The first-order chi connectivity index (χ1) is 65.6. The zero-order chi connectivity index (χ0) is 99.5. The fourth-order valence-electron chi connectivity index (χ4n) is 17.0. The van der Waals surface area contributed by atoms with Crippen molar-refractivity contribution in [3.63, 3.8) is 0 Å². The molecule has 0 saturated carbocycles. The highest BCUT2D eigenvalue weighted by Crippen LogP contribution is 2.51. The number of benzene rings is 8. The van der Waals surface area contributed by atoms with Crippen LogP contribution in [0.4, 0.5) is 11.4 Å². The second kappa shape index (κ2) is 42.8. The lowest BCUT2D eigenvalue weighted by Crippen LogP contribution is -2.65. The molecule has 25 N–H and O–H groups in total. The summed E-state index contributed by atoms with van der Waals surface area (Å²) in [6.45, 7) is 6.60. The monoisotopic (exact) mass is 1950 g/mol. The van der Waals surface area contributed by atoms with Crippen molar-refractivity contribution >= 4 is 81.8 Å². The predicted molar refractivity (Wildman–Crippen MR) is 484 cm³/mol. The zero-order valence-corrected chi connectivity index (χ0v) is 76.1. The number of phenols is 3. The maximum atomic E-state index is 16.5. The summed E-state index contributed by atoms with van der Waals surface area (Å²) in [7, 11) is 1.46. The molecule has 138 heavy (non-hydrogen) atoms. The largest absolute Gasteiger partial charge is 0.508 e. The Bertz CT molecular complexity index is 5930. The number of primary amides is 1. The number of likely N-dealkylation sites (N-methyl/N-ethyl adjacent to an activating group) is 1. The van der Waals surface area contributed by atoms with E-state index < -0.39 is 289 Å². The van der Waals surface area contributed by atoms with E-state index in [9.17, 15) is 85.8 Å². The van der Waals surface area contributed by atoms with Crippen LogP contribution in [0.1, 0.15) is 132 Å². The third-order valence-electron chi connectivity index (χ3n) is 24.3. The van der Waals surface area contributed by atoms with Crippen LogP contribution in [-0.2, 0) is 70.4 Å². The first kappa shape index (κ1) is 101. The summed E-state index contributed by atoms with van der Waals surface area (Å²) < 4.78 is 57.3. The Morgan fingerprint density at radius 3 is 1.96 bits per heavy atom. The van der Waals surface area contributed by atoms with Crippen molar-refractivity contribution < 1.29 is 147 Å². The van der Waals surface area contributed by atoms with Crippen molar-refractivity contribution in [1.82, 2.24) is 42.5 Å². The van der Waals surface area contributed by atoms with E-state index in [1.165, 1.54) is 51.2 Å². The maximum Gasteiger partial charge on any atom is 0.323 e. The van der Waals surface area contributed by atoms with Crippen molar-refractivity contribution in [2.45, 2.75) is 207 Å². The molecule has 3 fully saturated rings. The third kappa shape index (κ3) is 22.4. The van der Waals surface area contributed by atoms with Gasteiger partial charge in [0.1, 0.15) is 132 Å². The molecule has 23 atom stereocenters. The summed E-state index contributed by atoms with van der Waals surface area (Å²) in [5, 5.41) is 176. The number of halogens is 2. The highest BCUT2D eigenvalue weighted by Gasteiger charge is 2.53. The van der Waals surface area contributed by atoms with Gasteiger partial charge in [0.2, 0.25) is 59.1 Å². The van der Waals surface area contributed by atoms with Crippen molar-refractivity contribution in [3.05, 3.63) is 216 Å². The lowest BCUT2D eigenvalue weighted by atomic mass is 9.86. The summed E-state index contributed by atoms with van der Waals surface area (Å²) in [6.07, 6.45) is -32.1. The Morgan fingerprint density at radius 1 is 0.652 bits per heavy atom. The summed E-state index contributed by atoms with van der Waals surface area (Å²) in [6, 6.07) is 19.7. The van der Waals surface area contributed by atoms with Gasteiger partial charge in [-0.3, -0.25) is 48.5 Å². The normalized spacial score (nSPS) is 28.0. The van der Waals surface area contributed by atoms with Gasteiger partial charge in [-0.05, 0) is 152 Å². The molecule has 45 heteroatoms. The van der Waals surface area contributed by atoms with Crippen LogP contribution in [0.15, 0.2) is 146 Å². The molecule has 8 aliphatic rings. The Morgan fingerprint density at radius 2 is 1.30 bits per heavy atom. The van der Waals surface area contributed by atoms with Gasteiger partial charge in [0.05, 0.1) is 46.2 Å². The molecule has 8 heterocycles. The van der Waals surface area contributed by atoms with Gasteiger partial charge in [-0.1, -0.05) is 104 Å². The number of ether oxygens (including phenoxy) is 9. The quantitative estimate of drug-likeness (QED) is 0.0305. The Labute approximate surface area is 796 Å². The molecule has 736 valence electrons. The molecule has 0 aliphatic carbocycles. The average molecular weight is 1960 g/mol. The van der Waals surface area contributed by atoms with Gasteiger partial charge in [0.25, 0.3) is 5.91 Å². The molecule has 8 aromatic rings. The van der Waals surface area contributed by atoms with Crippen LogP contribution in [0.5, 0.6) is 51.7 Å². The lowest BCUT2D eigenvalue weighted by molar-refractivity contribution is -0.386. The van der Waals surface area contributed by atoms with E-state index in [0.717, 1.165) is 72.3 Å². The number of hydrogen-bond acceptors (Lipinski definition) is 34. The average Bonchev–Trinajstić information content (AvgIpc) is 0.765. The van der Waals surface area contributed by atoms with Crippen LogP contribution in [-0.4, -0.2) is 243 Å². The highest BCUT2D eigenvalue weighted by molar-refractivity contribution is 6.32. The molecular formula is C93H104Cl2N12O31. The lowest BCUT2D eigenvalue weighted by Gasteiger charge is -2.46. The number of aryl methyl sites for hydroxylation is 1. The number of aliphatic hydroxyl groups excluding tert-OH is 9. The number of amides is 8. The number of nitrogens with one attached hydrogen (secondary N) is 9. The number of fused-ring (bicyclic) bond motifs is 15. The molecule has 1 unspecified atom stereocenters. The SMILES string of the molecule is CN[C@H](CC(C)C)C(=O)NC1C(=O)N[C@H](CC(N)=O)C(=O)N[C@H]2C(=O)N[C@H]3C(=O)N[C@H](C(=O)N[C@@H](O)c4cc(O)cc(O)c4-c4cc3ccc4O)[C@H](O[C@H]3C[C@](C)(N)[C@@H](O)[C@H](C)O3)c3ccc(c(Cl)c3)Oc3cc2cc(c3O[C@@H]2O[C@H](CO)[C@@H](O[C@@H]3O[C@H](CNCc4cccc(NC(=O)c5ccc(C)c(OCc6ccccc6)c5[N+](=O)[O-])c4)[C@H](O)[C@H](O)[C@H]3O)[C@H](O)[C@H]2O)Oc2ccc(cc2Cl)[C@H]1O. The van der Waals surface area contributed by atoms with E-state index in [4.69, 9.17) is 77.3 Å². The van der Waals surface area contributed by atoms with Crippen LogP contribution < -0.4 is 78.3 Å². The number of nitrogens with zero attached hydrogens (tertiary/aromatic N) is 1. The maximum absolute atomic E-state index is 16.5. The number of nitrogens with two attached hydrogens (primary N) is 2. The Hall–Kier alpha value is -12.6. The molecule has 0 aromatic heterocycles. The number of aromatic hydroxyl groups is 3. The van der Waals surface area contributed by atoms with Gasteiger partial charge in [-0.25, -0.2) is 0 Å². The molecule has 11 bridgehead atoms. The molecular weight excluding hydrogens is 1850 g/mol. The van der Waals surface area contributed by atoms with Crippen molar-refractivity contribution in [1.29, 1.82) is 0 Å². The smallest absolute Gasteiger partial charge is 0.323 e. The number of nitro benzene ring substituents is 1. The number of hydrogen-bond donors (Lipinski definition) is 23. The number of aliphatic hydroxyl groups is 9. The fraction of sp³-hybridized carbons (Fsp3) is 0.398. The minimum absolute atomic E-state index is 0.0292. The number of rotatable bonds is 24. The number of carbonyl (C=O) groups is 8. The van der Waals surface area contributed by atoms with Gasteiger partial charge < -0.3 is 163 Å². The summed E-state index contributed by atoms with van der Waals surface area (Å²) >= 11 is 14.5. The molecule has 3 saturated heterocycles. The first-order valence-corrected chi connectivity index (χ1v) is 44.5. The van der Waals surface area contributed by atoms with Crippen LogP contribution in [0, 0.1) is 23.0 Å². The topological polar surface area (TPSA) is 666 Å². The van der Waals surface area contributed by atoms with Gasteiger partial charge in [-0.15, -0.1) is 0 Å². The zero-order valence-electron chi connectivity index (χ0n) is 74.6. The highest BCUT2D eigenvalue weighted by atomic mass is 35.5. The van der Waals surface area contributed by atoms with E-state index in [1.807, 2.05) is 0 Å². The van der Waals surface area contributed by atoms with Crippen LogP contribution >= 0.6 is 23.2 Å². The van der Waals surface area contributed by atoms with Crippen molar-refractivity contribution in [2.75, 3.05) is 25.5 Å². The fourth-order valence-corrected chi connectivity index (χ4v) is 17.5. The Balaban J connectivity index is 0.845. The van der Waals surface area contributed by atoms with Crippen LogP contribution in [0.3, 0.4) is 0 Å². The molecule has 16 rings (SSSR count). The van der Waals surface area contributed by atoms with Crippen molar-refractivity contribution in [2.24, 2.45) is 17.4 Å². The predicted octanol–water partition coefficient (Wildman–Crippen LogP) is 2.64. The van der Waals surface area contributed by atoms with Gasteiger partial charge in [0.15, 0.2) is 30.3 Å². The van der Waals surface area contributed by atoms with Crippen LogP contribution in [0.2, 0.25) is 10.0 Å². The summed E-state index contributed by atoms with van der Waals surface area (Å²) in [5.74, 6) is -15.5. The second-order valence-electron chi connectivity index (χ2n) is 34.9. The van der Waals surface area contributed by atoms with E-state index in [-0.39, 0.29) is 72.1 Å². The van der Waals surface area contributed by atoms with Crippen molar-refractivity contribution in [3.8, 4) is 62.9 Å². The summed E-state index contributed by atoms with van der Waals surface area (Å²) in [4.78, 5) is 132. The number of nitro groups is 1. The standard InChI is InChI=1S/C93H104Cl2N12O31/c1-38(2)23-54(98-6)85(122)104-69-72(113)44-17-21-58(52(94)26-44)132-60-28-46-29-61(80(60)137-92-77(118)75(116)81(63(36-108)135-92)138-91-76(117)74(115)73(114)62(134-91)35-99-34-42-13-10-14-47(24-42)100-83(120)49-19-15-39(3)78(71(49)107(128)129)130-37-41-11-8-7-9-12-41)133-59-22-18-45(27-53(59)95)79(136-65-33-93(5,97)82(119)40(4)131-65)70-90(127)106-84(121)51-30-48(109)31-57(111)66(51)50-25-43(16-20-56(50)110)67(87(124)105-70)103-88(125)68(46)102-86(123)55(32-64(96)112)101-89(69)126/h7-22,24-31,38,40,54-55,62-63,65,67-70,72-77,79,81-82,84,91-92,98-99,108-111,113-119,121H,23,32-37,97H2,1-6H3,(H2,96,112)(H,100,120)(H,101,126)(H,102,123)(H,103,125)(H,104,122)(H,105,124)(H,106,127)/t40-,54+,55+,62+,63+,65-,67+,68+,69?,70-,72+,73-,74-,75+,76+,77+,79+,81+,82-,84-,91-,92-,93-/m0/s1. The minimum Gasteiger partial charge on any atom is -0.508 e. The third-order valence-corrected chi connectivity index (χ3v) is 24.9. The van der Waals surface area contributed by atoms with E-state index in [0.29, 0.717) is 11.1 Å². The number of anilines is 1. The van der Waals surface area contributed by atoms with E-state index in [2.05, 4.69) is 47.9 Å². The first-order valence-electron chi connectivity index (χ1n) is 43.7. The van der Waals surface area contributed by atoms with Crippen LogP contribution in [0.25, 0.3) is 11.1 Å². The minimum atomic E-state index is -2.42. The Kier molecular flexibility index (Phi) is 31.4. The number of phenolic OH excluding ortho intramolecular Hbond substituents is 3. The molecule has 8 amide bonds. The van der Waals surface area contributed by atoms with Gasteiger partial charge in [0, 0.05) is 53.5 Å². The van der Waals surface area contributed by atoms with E-state index in [1.54, 1.807) is 69.3 Å². The molecule has 8 aromatic carbocycles.